The molecule has 0 fully saturated rings. The Labute approximate surface area is 125 Å². The van der Waals surface area contributed by atoms with Crippen LogP contribution in [-0.4, -0.2) is 24.0 Å². The fourth-order valence-corrected chi connectivity index (χ4v) is 1.77. The van der Waals surface area contributed by atoms with E-state index in [0.29, 0.717) is 12.2 Å². The molecule has 0 saturated carbocycles. The molecule has 6 heteroatoms. The number of rotatable bonds is 5. The summed E-state index contributed by atoms with van der Waals surface area (Å²) in [6, 6.07) is 9.00. The molecule has 0 bridgehead atoms. The van der Waals surface area contributed by atoms with Crippen LogP contribution in [0.2, 0.25) is 0 Å². The summed E-state index contributed by atoms with van der Waals surface area (Å²) in [5, 5.41) is 9.74. The largest absolute Gasteiger partial charge is 0.504 e. The van der Waals surface area contributed by atoms with Crippen molar-refractivity contribution < 1.29 is 28.2 Å². The molecule has 5 nitrogen and oxygen atoms in total. The van der Waals surface area contributed by atoms with E-state index in [9.17, 15) is 19.1 Å². The number of carbonyl (C=O) groups is 2. The lowest BCUT2D eigenvalue weighted by Gasteiger charge is -1.99. The predicted molar refractivity (Wildman–Crippen MR) is 75.5 cm³/mol. The molecule has 22 heavy (non-hydrogen) atoms. The number of methoxy groups -OCH3 is 1. The van der Waals surface area contributed by atoms with Crippen LogP contribution in [0.5, 0.6) is 0 Å². The molecule has 0 unspecified atom stereocenters. The van der Waals surface area contributed by atoms with Crippen molar-refractivity contribution in [3.05, 3.63) is 65.4 Å². The van der Waals surface area contributed by atoms with E-state index >= 15 is 0 Å². The van der Waals surface area contributed by atoms with Gasteiger partial charge in [0.1, 0.15) is 11.6 Å². The molecule has 0 aliphatic heterocycles. The number of furan rings is 1. The van der Waals surface area contributed by atoms with Gasteiger partial charge in [-0.1, -0.05) is 12.1 Å². The number of aliphatic hydroxyl groups excluding tert-OH is 1. The highest BCUT2D eigenvalue weighted by atomic mass is 19.1. The Balaban J connectivity index is 2.10. The maximum Gasteiger partial charge on any atom is 0.378 e. The second-order valence-electron chi connectivity index (χ2n) is 4.45. The number of benzene rings is 1. The minimum Gasteiger partial charge on any atom is -0.504 e. The third kappa shape index (κ3) is 3.82. The van der Waals surface area contributed by atoms with Gasteiger partial charge >= 0.3 is 5.97 Å². The fraction of sp³-hybridized carbons (Fsp3) is 0.125. The number of halogens is 1. The maximum absolute atomic E-state index is 12.8. The van der Waals surface area contributed by atoms with Crippen LogP contribution in [0.3, 0.4) is 0 Å². The summed E-state index contributed by atoms with van der Waals surface area (Å²) in [6.07, 6.45) is 1.13. The van der Waals surface area contributed by atoms with Crippen molar-refractivity contribution in [2.45, 2.75) is 6.42 Å². The Hall–Kier alpha value is -2.89. The molecule has 2 aromatic rings. The van der Waals surface area contributed by atoms with Gasteiger partial charge < -0.3 is 14.3 Å². The van der Waals surface area contributed by atoms with Gasteiger partial charge in [-0.15, -0.1) is 0 Å². The Morgan fingerprint density at radius 3 is 2.55 bits per heavy atom. The number of ketones is 1. The van der Waals surface area contributed by atoms with Gasteiger partial charge in [0.2, 0.25) is 0 Å². The average molecular weight is 304 g/mol. The molecule has 0 saturated heterocycles. The van der Waals surface area contributed by atoms with Gasteiger partial charge in [0.05, 0.1) is 7.11 Å². The highest BCUT2D eigenvalue weighted by Gasteiger charge is 2.14. The van der Waals surface area contributed by atoms with Gasteiger partial charge in [0.25, 0.3) is 5.78 Å². The van der Waals surface area contributed by atoms with E-state index in [1.807, 2.05) is 0 Å². The summed E-state index contributed by atoms with van der Waals surface area (Å²) in [4.78, 5) is 22.3. The van der Waals surface area contributed by atoms with Crippen LogP contribution in [0, 0.1) is 5.82 Å². The molecule has 1 heterocycles. The van der Waals surface area contributed by atoms with Crippen LogP contribution >= 0.6 is 0 Å². The quantitative estimate of drug-likeness (QED) is 0.398. The Morgan fingerprint density at radius 2 is 1.91 bits per heavy atom. The highest BCUT2D eigenvalue weighted by Crippen LogP contribution is 2.18. The van der Waals surface area contributed by atoms with Crippen LogP contribution in [0.1, 0.15) is 17.1 Å². The Kier molecular flexibility index (Phi) is 4.73. The number of hydrogen-bond acceptors (Lipinski definition) is 5. The van der Waals surface area contributed by atoms with Gasteiger partial charge in [-0.2, -0.15) is 0 Å². The van der Waals surface area contributed by atoms with E-state index in [1.54, 1.807) is 18.2 Å². The molecular weight excluding hydrogens is 291 g/mol. The topological polar surface area (TPSA) is 76.7 Å². The number of hydrogen-bond donors (Lipinski definition) is 1. The fourth-order valence-electron chi connectivity index (χ4n) is 1.77. The lowest BCUT2D eigenvalue weighted by atomic mass is 10.1. The SMILES string of the molecule is COC(=O)C(=O)/C=C(\O)c1ccc(Cc2ccc(F)cc2)o1. The van der Waals surface area contributed by atoms with Gasteiger partial charge in [0.15, 0.2) is 11.5 Å². The summed E-state index contributed by atoms with van der Waals surface area (Å²) in [6.45, 7) is 0. The summed E-state index contributed by atoms with van der Waals surface area (Å²) < 4.78 is 22.4. The monoisotopic (exact) mass is 304 g/mol. The van der Waals surface area contributed by atoms with Gasteiger partial charge in [-0.3, -0.25) is 4.79 Å². The van der Waals surface area contributed by atoms with Crippen LogP contribution < -0.4 is 0 Å². The van der Waals surface area contributed by atoms with Crippen molar-refractivity contribution in [1.82, 2.24) is 0 Å². The first-order valence-corrected chi connectivity index (χ1v) is 6.36. The summed E-state index contributed by atoms with van der Waals surface area (Å²) in [7, 11) is 1.07. The van der Waals surface area contributed by atoms with Crippen LogP contribution in [0.25, 0.3) is 5.76 Å². The number of aliphatic hydroxyl groups is 1. The van der Waals surface area contributed by atoms with Crippen LogP contribution in [-0.2, 0) is 20.7 Å². The second kappa shape index (κ2) is 6.71. The molecule has 2 rings (SSSR count). The second-order valence-corrected chi connectivity index (χ2v) is 4.45. The number of esters is 1. The van der Waals surface area contributed by atoms with E-state index < -0.39 is 17.5 Å². The van der Waals surface area contributed by atoms with E-state index in [0.717, 1.165) is 18.7 Å². The highest BCUT2D eigenvalue weighted by molar-refractivity contribution is 6.39. The molecule has 0 spiro atoms. The first-order valence-electron chi connectivity index (χ1n) is 6.36. The maximum atomic E-state index is 12.8. The summed E-state index contributed by atoms with van der Waals surface area (Å²) in [5.41, 5.74) is 0.830. The van der Waals surface area contributed by atoms with E-state index in [4.69, 9.17) is 4.42 Å². The van der Waals surface area contributed by atoms with Crippen molar-refractivity contribution in [3.63, 3.8) is 0 Å². The van der Waals surface area contributed by atoms with Crippen molar-refractivity contribution in [3.8, 4) is 0 Å². The van der Waals surface area contributed by atoms with E-state index in [1.165, 1.54) is 18.2 Å². The van der Waals surface area contributed by atoms with Crippen molar-refractivity contribution in [2.24, 2.45) is 0 Å². The van der Waals surface area contributed by atoms with Crippen LogP contribution in [0.4, 0.5) is 4.39 Å². The summed E-state index contributed by atoms with van der Waals surface area (Å²) >= 11 is 0. The van der Waals surface area contributed by atoms with Crippen LogP contribution in [0.15, 0.2) is 46.9 Å². The third-order valence-electron chi connectivity index (χ3n) is 2.86. The summed E-state index contributed by atoms with van der Waals surface area (Å²) in [5.74, 6) is -2.30. The molecule has 0 atom stereocenters. The smallest absolute Gasteiger partial charge is 0.378 e. The first-order chi connectivity index (χ1) is 10.5. The number of ether oxygens (including phenoxy) is 1. The molecule has 0 radical (unpaired) electrons. The predicted octanol–water partition coefficient (Wildman–Crippen LogP) is 2.65. The standard InChI is InChI=1S/C16H13FO5/c1-21-16(20)14(19)9-13(18)15-7-6-12(22-15)8-10-2-4-11(17)5-3-10/h2-7,9,18H,8H2,1H3/b13-9-. The normalized spacial score (nSPS) is 11.3. The van der Waals surface area contributed by atoms with Gasteiger partial charge in [0, 0.05) is 12.5 Å². The zero-order chi connectivity index (χ0) is 16.1. The first kappa shape index (κ1) is 15.5. The molecule has 0 aliphatic carbocycles. The molecule has 1 aromatic heterocycles. The molecule has 1 aromatic carbocycles. The average Bonchev–Trinajstić information content (AvgIpc) is 2.97. The Bertz CT molecular complexity index is 712. The lowest BCUT2D eigenvalue weighted by Crippen LogP contribution is -2.12. The van der Waals surface area contributed by atoms with Crippen molar-refractivity contribution >= 4 is 17.5 Å². The minimum atomic E-state index is -1.08. The molecule has 0 aliphatic rings. The number of carbonyl (C=O) groups excluding carboxylic acids is 2. The molecular formula is C16H13FO5. The zero-order valence-corrected chi connectivity index (χ0v) is 11.7. The van der Waals surface area contributed by atoms with E-state index in [2.05, 4.69) is 4.74 Å². The lowest BCUT2D eigenvalue weighted by molar-refractivity contribution is -0.149. The van der Waals surface area contributed by atoms with Gasteiger partial charge in [-0.05, 0) is 29.8 Å². The zero-order valence-electron chi connectivity index (χ0n) is 11.7. The van der Waals surface area contributed by atoms with Gasteiger partial charge in [-0.25, -0.2) is 9.18 Å². The minimum absolute atomic E-state index is 0.0503. The van der Waals surface area contributed by atoms with E-state index in [-0.39, 0.29) is 11.6 Å². The molecule has 1 N–H and O–H groups in total. The third-order valence-corrected chi connectivity index (χ3v) is 2.86. The Morgan fingerprint density at radius 1 is 1.23 bits per heavy atom. The van der Waals surface area contributed by atoms with Crippen molar-refractivity contribution in [1.29, 1.82) is 0 Å². The molecule has 0 amide bonds. The molecule has 114 valence electrons. The van der Waals surface area contributed by atoms with Crippen molar-refractivity contribution in [2.75, 3.05) is 7.11 Å².